The number of alkyl halides is 3. The summed E-state index contributed by atoms with van der Waals surface area (Å²) in [5.41, 5.74) is 4.39. The molecule has 4 nitrogen and oxygen atoms in total. The molecule has 25 heavy (non-hydrogen) atoms. The van der Waals surface area contributed by atoms with Gasteiger partial charge < -0.3 is 15.8 Å². The molecule has 0 bridgehead atoms. The first-order valence-corrected chi connectivity index (χ1v) is 7.00. The maximum absolute atomic E-state index is 13.2. The van der Waals surface area contributed by atoms with E-state index in [4.69, 9.17) is 10.5 Å². The number of hydrogen-bond donors (Lipinski definition) is 2. The zero-order valence-corrected chi connectivity index (χ0v) is 13.0. The summed E-state index contributed by atoms with van der Waals surface area (Å²) in [6.07, 6.45) is -4.64. The summed E-state index contributed by atoms with van der Waals surface area (Å²) in [7, 11) is 1.39. The van der Waals surface area contributed by atoms with Crippen molar-refractivity contribution in [2.75, 3.05) is 7.05 Å². The molecule has 2 rings (SSSR count). The SMILES string of the molecule is CN=C(N)NCc1ccc(Oc2ccc(F)c(F)c2)cc1C(F)(F)F. The van der Waals surface area contributed by atoms with Crippen LogP contribution in [-0.4, -0.2) is 13.0 Å². The minimum Gasteiger partial charge on any atom is -0.457 e. The van der Waals surface area contributed by atoms with Crippen molar-refractivity contribution in [3.05, 3.63) is 59.2 Å². The lowest BCUT2D eigenvalue weighted by atomic mass is 10.1. The summed E-state index contributed by atoms with van der Waals surface area (Å²) in [4.78, 5) is 3.60. The van der Waals surface area contributed by atoms with Crippen LogP contribution < -0.4 is 15.8 Å². The van der Waals surface area contributed by atoms with Gasteiger partial charge in [-0.3, -0.25) is 4.99 Å². The van der Waals surface area contributed by atoms with Crippen LogP contribution in [0.25, 0.3) is 0 Å². The molecular formula is C16H14F5N3O. The van der Waals surface area contributed by atoms with E-state index < -0.39 is 23.4 Å². The van der Waals surface area contributed by atoms with E-state index in [1.165, 1.54) is 19.2 Å². The number of nitrogens with zero attached hydrogens (tertiary/aromatic N) is 1. The van der Waals surface area contributed by atoms with Crippen LogP contribution >= 0.6 is 0 Å². The summed E-state index contributed by atoms with van der Waals surface area (Å²) >= 11 is 0. The Morgan fingerprint density at radius 1 is 1.08 bits per heavy atom. The Morgan fingerprint density at radius 3 is 2.32 bits per heavy atom. The van der Waals surface area contributed by atoms with Gasteiger partial charge in [0.15, 0.2) is 17.6 Å². The third-order valence-electron chi connectivity index (χ3n) is 3.21. The van der Waals surface area contributed by atoms with Crippen molar-refractivity contribution in [2.24, 2.45) is 10.7 Å². The highest BCUT2D eigenvalue weighted by Crippen LogP contribution is 2.35. The molecular weight excluding hydrogens is 345 g/mol. The van der Waals surface area contributed by atoms with Crippen LogP contribution in [0.2, 0.25) is 0 Å². The standard InChI is InChI=1S/C16H14F5N3O/c1-23-15(22)24-8-9-2-3-10(6-12(9)16(19,20)21)25-11-4-5-13(17)14(18)7-11/h2-7H,8H2,1H3,(H3,22,23,24). The van der Waals surface area contributed by atoms with Crippen LogP contribution in [0.1, 0.15) is 11.1 Å². The van der Waals surface area contributed by atoms with E-state index in [0.29, 0.717) is 0 Å². The van der Waals surface area contributed by atoms with Gasteiger partial charge in [0.1, 0.15) is 11.5 Å². The Labute approximate surface area is 140 Å². The van der Waals surface area contributed by atoms with Crippen molar-refractivity contribution in [1.29, 1.82) is 0 Å². The van der Waals surface area contributed by atoms with Gasteiger partial charge in [0, 0.05) is 19.7 Å². The monoisotopic (exact) mass is 359 g/mol. The number of aliphatic imine (C=N–C) groups is 1. The molecule has 9 heteroatoms. The number of ether oxygens (including phenoxy) is 1. The van der Waals surface area contributed by atoms with Gasteiger partial charge in [0.2, 0.25) is 0 Å². The molecule has 0 aliphatic rings. The van der Waals surface area contributed by atoms with E-state index in [-0.39, 0.29) is 29.6 Å². The fourth-order valence-electron chi connectivity index (χ4n) is 1.98. The third kappa shape index (κ3) is 4.82. The predicted octanol–water partition coefficient (Wildman–Crippen LogP) is 3.81. The van der Waals surface area contributed by atoms with Crippen LogP contribution in [0, 0.1) is 11.6 Å². The summed E-state index contributed by atoms with van der Waals surface area (Å²) in [5, 5.41) is 2.54. The maximum Gasteiger partial charge on any atom is 0.416 e. The van der Waals surface area contributed by atoms with E-state index in [2.05, 4.69) is 10.3 Å². The van der Waals surface area contributed by atoms with E-state index in [0.717, 1.165) is 24.3 Å². The maximum atomic E-state index is 13.2. The summed E-state index contributed by atoms with van der Waals surface area (Å²) in [5.74, 6) is -2.54. The lowest BCUT2D eigenvalue weighted by Crippen LogP contribution is -2.31. The van der Waals surface area contributed by atoms with Crippen LogP contribution in [-0.2, 0) is 12.7 Å². The van der Waals surface area contributed by atoms with Crippen molar-refractivity contribution in [2.45, 2.75) is 12.7 Å². The Kier molecular flexibility index (Phi) is 5.45. The molecule has 0 aromatic heterocycles. The Balaban J connectivity index is 2.30. The van der Waals surface area contributed by atoms with E-state index >= 15 is 0 Å². The summed E-state index contributed by atoms with van der Waals surface area (Å²) in [6.45, 7) is -0.191. The zero-order valence-electron chi connectivity index (χ0n) is 13.0. The molecule has 0 heterocycles. The quantitative estimate of drug-likeness (QED) is 0.496. The highest BCUT2D eigenvalue weighted by molar-refractivity contribution is 5.77. The van der Waals surface area contributed by atoms with Gasteiger partial charge >= 0.3 is 6.18 Å². The Hall–Kier alpha value is -2.84. The van der Waals surface area contributed by atoms with Gasteiger partial charge in [-0.25, -0.2) is 8.78 Å². The fourth-order valence-corrected chi connectivity index (χ4v) is 1.98. The highest BCUT2D eigenvalue weighted by atomic mass is 19.4. The molecule has 0 radical (unpaired) electrons. The van der Waals surface area contributed by atoms with Crippen LogP contribution in [0.5, 0.6) is 11.5 Å². The fraction of sp³-hybridized carbons (Fsp3) is 0.188. The van der Waals surface area contributed by atoms with Crippen molar-refractivity contribution in [1.82, 2.24) is 5.32 Å². The number of rotatable bonds is 4. The molecule has 0 saturated carbocycles. The van der Waals surface area contributed by atoms with Gasteiger partial charge in [-0.1, -0.05) is 6.07 Å². The second-order valence-electron chi connectivity index (χ2n) is 4.96. The lowest BCUT2D eigenvalue weighted by molar-refractivity contribution is -0.138. The third-order valence-corrected chi connectivity index (χ3v) is 3.21. The van der Waals surface area contributed by atoms with Crippen molar-refractivity contribution in [3.63, 3.8) is 0 Å². The van der Waals surface area contributed by atoms with Crippen molar-refractivity contribution in [3.8, 4) is 11.5 Å². The normalized spacial score (nSPS) is 12.2. The number of benzene rings is 2. The Morgan fingerprint density at radius 2 is 1.72 bits per heavy atom. The minimum absolute atomic E-state index is 0.00441. The van der Waals surface area contributed by atoms with Crippen molar-refractivity contribution < 1.29 is 26.7 Å². The zero-order chi connectivity index (χ0) is 18.6. The Bertz CT molecular complexity index is 790. The molecule has 3 N–H and O–H groups in total. The first kappa shape index (κ1) is 18.5. The second kappa shape index (κ2) is 7.37. The second-order valence-corrected chi connectivity index (χ2v) is 4.96. The average molecular weight is 359 g/mol. The molecule has 0 aliphatic heterocycles. The first-order chi connectivity index (χ1) is 11.7. The van der Waals surface area contributed by atoms with Crippen molar-refractivity contribution >= 4 is 5.96 Å². The molecule has 0 saturated heterocycles. The van der Waals surface area contributed by atoms with Crippen LogP contribution in [0.4, 0.5) is 22.0 Å². The first-order valence-electron chi connectivity index (χ1n) is 7.00. The molecule has 0 unspecified atom stereocenters. The number of nitrogens with two attached hydrogens (primary N) is 1. The highest BCUT2D eigenvalue weighted by Gasteiger charge is 2.33. The number of guanidine groups is 1. The topological polar surface area (TPSA) is 59.6 Å². The predicted molar refractivity (Wildman–Crippen MR) is 82.3 cm³/mol. The molecule has 0 spiro atoms. The van der Waals surface area contributed by atoms with E-state index in [9.17, 15) is 22.0 Å². The van der Waals surface area contributed by atoms with Gasteiger partial charge in [-0.15, -0.1) is 0 Å². The van der Waals surface area contributed by atoms with Gasteiger partial charge in [0.05, 0.1) is 5.56 Å². The van der Waals surface area contributed by atoms with Crippen LogP contribution in [0.3, 0.4) is 0 Å². The summed E-state index contributed by atoms with van der Waals surface area (Å²) < 4.78 is 70.9. The van der Waals surface area contributed by atoms with E-state index in [1.807, 2.05) is 0 Å². The molecule has 0 aliphatic carbocycles. The van der Waals surface area contributed by atoms with Crippen LogP contribution in [0.15, 0.2) is 41.4 Å². The molecule has 0 atom stereocenters. The molecule has 0 fully saturated rings. The molecule has 0 amide bonds. The lowest BCUT2D eigenvalue weighted by Gasteiger charge is -2.15. The summed E-state index contributed by atoms with van der Waals surface area (Å²) in [6, 6.07) is 5.94. The molecule has 2 aromatic rings. The van der Waals surface area contributed by atoms with Gasteiger partial charge in [-0.2, -0.15) is 13.2 Å². The van der Waals surface area contributed by atoms with E-state index in [1.54, 1.807) is 0 Å². The largest absolute Gasteiger partial charge is 0.457 e. The van der Waals surface area contributed by atoms with Gasteiger partial charge in [-0.05, 0) is 29.8 Å². The smallest absolute Gasteiger partial charge is 0.416 e. The molecule has 2 aromatic carbocycles. The number of halogens is 5. The average Bonchev–Trinajstić information content (AvgIpc) is 2.55. The number of hydrogen-bond acceptors (Lipinski definition) is 2. The number of nitrogens with one attached hydrogen (secondary N) is 1. The minimum atomic E-state index is -4.64. The molecule has 134 valence electrons. The van der Waals surface area contributed by atoms with Gasteiger partial charge in [0.25, 0.3) is 0 Å².